The average Bonchev–Trinajstić information content (AvgIpc) is 2.67. The summed E-state index contributed by atoms with van der Waals surface area (Å²) in [6, 6.07) is 6.16. The minimum atomic E-state index is -3.38. The van der Waals surface area contributed by atoms with Crippen molar-refractivity contribution >= 4 is 45.6 Å². The Kier molecular flexibility index (Phi) is 9.45. The highest BCUT2D eigenvalue weighted by Gasteiger charge is 2.17. The third-order valence-electron chi connectivity index (χ3n) is 5.11. The molecule has 1 aliphatic carbocycles. The number of halogens is 1. The lowest BCUT2D eigenvalue weighted by Gasteiger charge is -2.22. The van der Waals surface area contributed by atoms with Gasteiger partial charge in [-0.3, -0.25) is 4.99 Å². The second kappa shape index (κ2) is 11.3. The van der Waals surface area contributed by atoms with E-state index in [1.807, 2.05) is 12.1 Å². The van der Waals surface area contributed by atoms with E-state index in [2.05, 4.69) is 21.1 Å². The van der Waals surface area contributed by atoms with Crippen LogP contribution in [-0.4, -0.2) is 45.9 Å². The third kappa shape index (κ3) is 7.16. The number of nitrogens with zero attached hydrogens (tertiary/aromatic N) is 1. The number of ether oxygens (including phenoxy) is 1. The van der Waals surface area contributed by atoms with Crippen LogP contribution in [0.2, 0.25) is 0 Å². The highest BCUT2D eigenvalue weighted by atomic mass is 127. The Morgan fingerprint density at radius 3 is 2.82 bits per heavy atom. The fourth-order valence-corrected chi connectivity index (χ4v) is 4.54. The van der Waals surface area contributed by atoms with Gasteiger partial charge in [0.2, 0.25) is 10.0 Å². The summed E-state index contributed by atoms with van der Waals surface area (Å²) in [5, 5.41) is 3.13. The quantitative estimate of drug-likeness (QED) is 0.290. The summed E-state index contributed by atoms with van der Waals surface area (Å²) in [6.45, 7) is 1.16. The standard InChI is InChI=1S/C19H30N4O3S.HI/c20-19(23-18-10-5-7-15-6-1-2-9-17(15)18)21-11-13-27(24,25)22-14-16-8-3-4-12-26-16;/h5,7,10,16,22H,1-4,6,8-9,11-14H2,(H3,20,21,23);1H. The smallest absolute Gasteiger partial charge is 0.213 e. The summed E-state index contributed by atoms with van der Waals surface area (Å²) >= 11 is 0. The van der Waals surface area contributed by atoms with E-state index in [4.69, 9.17) is 10.5 Å². The Balaban J connectivity index is 0.00000280. The summed E-state index contributed by atoms with van der Waals surface area (Å²) in [5.41, 5.74) is 9.59. The number of guanidine groups is 1. The van der Waals surface area contributed by atoms with Crippen LogP contribution in [0.1, 0.15) is 43.2 Å². The molecule has 1 unspecified atom stereocenters. The first kappa shape index (κ1) is 23.4. The highest BCUT2D eigenvalue weighted by Crippen LogP contribution is 2.27. The summed E-state index contributed by atoms with van der Waals surface area (Å²) in [6.07, 6.45) is 7.54. The molecular weight excluding hydrogens is 491 g/mol. The molecule has 1 aromatic carbocycles. The number of benzene rings is 1. The van der Waals surface area contributed by atoms with Crippen molar-refractivity contribution in [3.05, 3.63) is 29.3 Å². The third-order valence-corrected chi connectivity index (χ3v) is 6.43. The molecule has 1 aliphatic heterocycles. The van der Waals surface area contributed by atoms with E-state index in [1.165, 1.54) is 24.0 Å². The predicted molar refractivity (Wildman–Crippen MR) is 124 cm³/mol. The van der Waals surface area contributed by atoms with Crippen LogP contribution in [0.25, 0.3) is 0 Å². The zero-order valence-electron chi connectivity index (χ0n) is 16.2. The monoisotopic (exact) mass is 522 g/mol. The molecule has 9 heteroatoms. The molecule has 1 saturated heterocycles. The van der Waals surface area contributed by atoms with E-state index in [-0.39, 0.29) is 48.3 Å². The van der Waals surface area contributed by atoms with E-state index >= 15 is 0 Å². The van der Waals surface area contributed by atoms with Crippen molar-refractivity contribution in [3.63, 3.8) is 0 Å². The van der Waals surface area contributed by atoms with Crippen LogP contribution in [0.15, 0.2) is 23.2 Å². The maximum absolute atomic E-state index is 12.1. The van der Waals surface area contributed by atoms with E-state index in [0.29, 0.717) is 13.2 Å². The molecule has 0 amide bonds. The van der Waals surface area contributed by atoms with Crippen molar-refractivity contribution in [2.24, 2.45) is 10.7 Å². The van der Waals surface area contributed by atoms with Gasteiger partial charge in [0.15, 0.2) is 5.96 Å². The maximum atomic E-state index is 12.1. The molecule has 1 heterocycles. The van der Waals surface area contributed by atoms with Crippen LogP contribution in [0.5, 0.6) is 0 Å². The topological polar surface area (TPSA) is 106 Å². The fraction of sp³-hybridized carbons (Fsp3) is 0.632. The van der Waals surface area contributed by atoms with Crippen LogP contribution in [0.4, 0.5) is 5.69 Å². The number of rotatable bonds is 7. The molecule has 0 bridgehead atoms. The SMILES string of the molecule is I.NC(=NCCS(=O)(=O)NCC1CCCCO1)Nc1cccc2c1CCCC2. The van der Waals surface area contributed by atoms with Crippen molar-refractivity contribution in [1.29, 1.82) is 0 Å². The molecule has 1 fully saturated rings. The molecule has 0 aromatic heterocycles. The molecular formula is C19H31IN4O3S. The lowest BCUT2D eigenvalue weighted by atomic mass is 9.90. The van der Waals surface area contributed by atoms with E-state index in [1.54, 1.807) is 0 Å². The fourth-order valence-electron chi connectivity index (χ4n) is 3.62. The lowest BCUT2D eigenvalue weighted by molar-refractivity contribution is 0.0200. The Morgan fingerprint density at radius 2 is 2.04 bits per heavy atom. The van der Waals surface area contributed by atoms with Crippen molar-refractivity contribution in [2.75, 3.05) is 30.8 Å². The summed E-state index contributed by atoms with van der Waals surface area (Å²) in [4.78, 5) is 4.18. The summed E-state index contributed by atoms with van der Waals surface area (Å²) in [5.74, 6) is 0.162. The van der Waals surface area contributed by atoms with E-state index in [9.17, 15) is 8.42 Å². The van der Waals surface area contributed by atoms with Gasteiger partial charge in [-0.15, -0.1) is 24.0 Å². The molecule has 158 valence electrons. The number of nitrogens with one attached hydrogen (secondary N) is 2. The number of sulfonamides is 1. The van der Waals surface area contributed by atoms with Gasteiger partial charge in [0.05, 0.1) is 18.4 Å². The zero-order chi connectivity index (χ0) is 19.1. The molecule has 0 saturated carbocycles. The summed E-state index contributed by atoms with van der Waals surface area (Å²) < 4.78 is 32.4. The first-order valence-corrected chi connectivity index (χ1v) is 11.5. The maximum Gasteiger partial charge on any atom is 0.213 e. The molecule has 0 spiro atoms. The van der Waals surface area contributed by atoms with E-state index < -0.39 is 10.0 Å². The molecule has 0 radical (unpaired) electrons. The van der Waals surface area contributed by atoms with Crippen LogP contribution < -0.4 is 15.8 Å². The first-order valence-electron chi connectivity index (χ1n) is 9.80. The Bertz CT molecular complexity index is 764. The van der Waals surface area contributed by atoms with E-state index in [0.717, 1.165) is 37.8 Å². The first-order chi connectivity index (χ1) is 13.0. The second-order valence-electron chi connectivity index (χ2n) is 7.20. The van der Waals surface area contributed by atoms with Crippen molar-refractivity contribution in [3.8, 4) is 0 Å². The zero-order valence-corrected chi connectivity index (χ0v) is 19.3. The largest absolute Gasteiger partial charge is 0.377 e. The number of aliphatic imine (C=N–C) groups is 1. The number of anilines is 1. The molecule has 2 aliphatic rings. The average molecular weight is 522 g/mol. The highest BCUT2D eigenvalue weighted by molar-refractivity contribution is 14.0. The minimum Gasteiger partial charge on any atom is -0.377 e. The van der Waals surface area contributed by atoms with Gasteiger partial charge in [0, 0.05) is 18.8 Å². The van der Waals surface area contributed by atoms with Crippen LogP contribution in [-0.2, 0) is 27.6 Å². The Hall–Kier alpha value is -0.910. The Morgan fingerprint density at radius 1 is 1.21 bits per heavy atom. The molecule has 3 rings (SSSR count). The van der Waals surface area contributed by atoms with Crippen LogP contribution in [0, 0.1) is 0 Å². The van der Waals surface area contributed by atoms with Gasteiger partial charge in [-0.1, -0.05) is 12.1 Å². The second-order valence-corrected chi connectivity index (χ2v) is 9.12. The van der Waals surface area contributed by atoms with Gasteiger partial charge in [-0.2, -0.15) is 0 Å². The number of fused-ring (bicyclic) bond motifs is 1. The van der Waals surface area contributed by atoms with Crippen molar-refractivity contribution in [2.45, 2.75) is 51.0 Å². The molecule has 28 heavy (non-hydrogen) atoms. The molecule has 7 nitrogen and oxygen atoms in total. The van der Waals surface area contributed by atoms with Gasteiger partial charge in [0.25, 0.3) is 0 Å². The predicted octanol–water partition coefficient (Wildman–Crippen LogP) is 2.40. The van der Waals surface area contributed by atoms with Crippen molar-refractivity contribution < 1.29 is 13.2 Å². The number of hydrogen-bond acceptors (Lipinski definition) is 4. The van der Waals surface area contributed by atoms with Crippen molar-refractivity contribution in [1.82, 2.24) is 4.72 Å². The van der Waals surface area contributed by atoms with Gasteiger partial charge in [-0.25, -0.2) is 13.1 Å². The molecule has 4 N–H and O–H groups in total. The van der Waals surface area contributed by atoms with Crippen LogP contribution >= 0.6 is 24.0 Å². The molecule has 1 atom stereocenters. The summed E-state index contributed by atoms with van der Waals surface area (Å²) in [7, 11) is -3.38. The number of aryl methyl sites for hydroxylation is 1. The van der Waals surface area contributed by atoms with Gasteiger partial charge in [-0.05, 0) is 62.1 Å². The Labute approximate surface area is 185 Å². The normalized spacial score (nSPS) is 20.1. The molecule has 1 aromatic rings. The lowest BCUT2D eigenvalue weighted by Crippen LogP contribution is -2.37. The van der Waals surface area contributed by atoms with Gasteiger partial charge >= 0.3 is 0 Å². The number of nitrogens with two attached hydrogens (primary N) is 1. The van der Waals surface area contributed by atoms with Gasteiger partial charge < -0.3 is 15.8 Å². The van der Waals surface area contributed by atoms with Crippen LogP contribution in [0.3, 0.4) is 0 Å². The minimum absolute atomic E-state index is 0. The van der Waals surface area contributed by atoms with Gasteiger partial charge in [0.1, 0.15) is 0 Å². The number of hydrogen-bond donors (Lipinski definition) is 3.